The van der Waals surface area contributed by atoms with E-state index in [-0.39, 0.29) is 16.8 Å². The fourth-order valence-electron chi connectivity index (χ4n) is 13.3. The quantitative estimate of drug-likeness (QED) is 0.104. The van der Waals surface area contributed by atoms with Gasteiger partial charge in [-0.1, -0.05) is 56.8 Å². The summed E-state index contributed by atoms with van der Waals surface area (Å²) in [5.74, 6) is 10.8. The van der Waals surface area contributed by atoms with Crippen LogP contribution in [0.1, 0.15) is 104 Å². The minimum atomic E-state index is -0.292. The number of carbonyl (C=O) groups excluding carboxylic acids is 2. The number of carbonyl (C=O) groups is 2. The molecule has 6 fully saturated rings. The Hall–Kier alpha value is -1.96. The standard InChI is InChI=1S/C24H30O3.C21H32O2S2/c1-17-14-23(3,4)16-24(15-17,19-6-10-21(26-5)11-7-19)20-8-12-22(13-9-20)27-18(2)25;1-11(22)25-13-8-14-15(9-13)17-10-16(14)20-12-6-18(21(17)20)19(7-12)23-4-3-5-24-2/h6-13,17H,14-16H2,1-5H3;12-21H,3-10H2,1-2H3. The van der Waals surface area contributed by atoms with E-state index in [0.29, 0.717) is 28.1 Å². The van der Waals surface area contributed by atoms with Crippen LogP contribution < -0.4 is 9.47 Å². The highest BCUT2D eigenvalue weighted by Gasteiger charge is 2.68. The van der Waals surface area contributed by atoms with Gasteiger partial charge in [-0.3, -0.25) is 9.59 Å². The second-order valence-electron chi connectivity index (χ2n) is 18.2. The van der Waals surface area contributed by atoms with Gasteiger partial charge in [0.25, 0.3) is 0 Å². The highest BCUT2D eigenvalue weighted by atomic mass is 32.2. The van der Waals surface area contributed by atoms with E-state index in [1.54, 1.807) is 25.8 Å². The molecule has 0 spiro atoms. The molecule has 0 N–H and O–H groups in total. The maximum atomic E-state index is 11.5. The van der Waals surface area contributed by atoms with Crippen LogP contribution in [0.3, 0.4) is 0 Å². The predicted molar refractivity (Wildman–Crippen MR) is 214 cm³/mol. The molecular formula is C45H62O5S2. The Morgan fingerprint density at radius 3 is 2.00 bits per heavy atom. The molecule has 0 aromatic heterocycles. The van der Waals surface area contributed by atoms with Crippen LogP contribution in [-0.2, 0) is 19.7 Å². The normalized spacial score (nSPS) is 37.6. The third-order valence-electron chi connectivity index (χ3n) is 14.2. The zero-order valence-electron chi connectivity index (χ0n) is 32.6. The van der Waals surface area contributed by atoms with Crippen LogP contribution >= 0.6 is 23.5 Å². The summed E-state index contributed by atoms with van der Waals surface area (Å²) in [4.78, 5) is 22.8. The molecule has 2 aromatic rings. The molecule has 6 saturated carbocycles. The highest BCUT2D eigenvalue weighted by molar-refractivity contribution is 8.14. The summed E-state index contributed by atoms with van der Waals surface area (Å²) in [5, 5.41) is 0.962. The fourth-order valence-corrected chi connectivity index (χ4v) is 14.8. The number of esters is 1. The van der Waals surface area contributed by atoms with Crippen molar-refractivity contribution in [2.24, 2.45) is 58.7 Å². The molecule has 7 heteroatoms. The van der Waals surface area contributed by atoms with E-state index in [1.807, 2.05) is 23.9 Å². The van der Waals surface area contributed by atoms with Gasteiger partial charge in [-0.15, -0.1) is 0 Å². The Labute approximate surface area is 321 Å². The van der Waals surface area contributed by atoms with Gasteiger partial charge >= 0.3 is 5.97 Å². The molecule has 12 unspecified atom stereocenters. The van der Waals surface area contributed by atoms with Crippen molar-refractivity contribution in [3.05, 3.63) is 59.7 Å². The van der Waals surface area contributed by atoms with E-state index in [9.17, 15) is 9.59 Å². The first-order valence-electron chi connectivity index (χ1n) is 20.1. The second kappa shape index (κ2) is 15.6. The van der Waals surface area contributed by atoms with Crippen LogP contribution in [0.4, 0.5) is 0 Å². The molecule has 0 saturated heterocycles. The third kappa shape index (κ3) is 7.63. The first-order valence-corrected chi connectivity index (χ1v) is 22.4. The smallest absolute Gasteiger partial charge is 0.308 e. The van der Waals surface area contributed by atoms with Gasteiger partial charge in [-0.25, -0.2) is 0 Å². The lowest BCUT2D eigenvalue weighted by molar-refractivity contribution is -0.131. The topological polar surface area (TPSA) is 61.8 Å². The van der Waals surface area contributed by atoms with Gasteiger partial charge < -0.3 is 14.2 Å². The Morgan fingerprint density at radius 2 is 1.42 bits per heavy atom. The maximum Gasteiger partial charge on any atom is 0.308 e. The SMILES string of the molecule is COc1ccc(C2(c3ccc(OC(C)=O)cc3)CC(C)CC(C)(C)C2)cc1.CSCCCOC1CC2CC1C1C3CC(C4CC(SC(C)=O)CC43)C21. The molecule has 5 nitrogen and oxygen atoms in total. The molecule has 6 aliphatic rings. The van der Waals surface area contributed by atoms with Crippen molar-refractivity contribution in [3.63, 3.8) is 0 Å². The van der Waals surface area contributed by atoms with E-state index in [4.69, 9.17) is 14.2 Å². The Morgan fingerprint density at radius 1 is 0.788 bits per heavy atom. The van der Waals surface area contributed by atoms with Gasteiger partial charge in [-0.2, -0.15) is 11.8 Å². The number of rotatable bonds is 10. The molecule has 12 atom stereocenters. The molecule has 52 heavy (non-hydrogen) atoms. The van der Waals surface area contributed by atoms with Crippen molar-refractivity contribution in [2.75, 3.05) is 25.7 Å². The van der Waals surface area contributed by atoms with Crippen molar-refractivity contribution in [1.82, 2.24) is 0 Å². The molecule has 284 valence electrons. The van der Waals surface area contributed by atoms with Crippen LogP contribution in [0.25, 0.3) is 0 Å². The Balaban J connectivity index is 0.000000162. The van der Waals surface area contributed by atoms with Crippen molar-refractivity contribution in [1.29, 1.82) is 0 Å². The van der Waals surface area contributed by atoms with Gasteiger partial charge in [-0.05, 0) is 164 Å². The van der Waals surface area contributed by atoms with Crippen LogP contribution in [0.5, 0.6) is 11.5 Å². The lowest BCUT2D eigenvalue weighted by Gasteiger charge is -2.48. The highest BCUT2D eigenvalue weighted by Crippen LogP contribution is 2.73. The van der Waals surface area contributed by atoms with Crippen LogP contribution in [0, 0.1) is 58.7 Å². The van der Waals surface area contributed by atoms with E-state index < -0.39 is 0 Å². The number of hydrogen-bond acceptors (Lipinski definition) is 7. The van der Waals surface area contributed by atoms with Crippen molar-refractivity contribution >= 4 is 34.6 Å². The summed E-state index contributed by atoms with van der Waals surface area (Å²) in [5.41, 5.74) is 2.81. The second-order valence-corrected chi connectivity index (χ2v) is 20.6. The largest absolute Gasteiger partial charge is 0.497 e. The van der Waals surface area contributed by atoms with Crippen LogP contribution in [0.15, 0.2) is 48.5 Å². The number of fused-ring (bicyclic) bond motifs is 12. The molecular weight excluding hydrogens is 685 g/mol. The van der Waals surface area contributed by atoms with Crippen LogP contribution in [-0.4, -0.2) is 48.2 Å². The fraction of sp³-hybridized carbons (Fsp3) is 0.689. The number of methoxy groups -OCH3 is 1. The number of thioether (sulfide) groups is 2. The lowest BCUT2D eigenvalue weighted by Crippen LogP contribution is -2.41. The number of ether oxygens (including phenoxy) is 3. The third-order valence-corrected chi connectivity index (χ3v) is 15.9. The van der Waals surface area contributed by atoms with Crippen LogP contribution in [0.2, 0.25) is 0 Å². The van der Waals surface area contributed by atoms with Gasteiger partial charge in [0.15, 0.2) is 5.12 Å². The zero-order valence-corrected chi connectivity index (χ0v) is 34.2. The number of hydrogen-bond donors (Lipinski definition) is 0. The Bertz CT molecular complexity index is 1560. The van der Waals surface area contributed by atoms with Crippen molar-refractivity contribution in [2.45, 2.75) is 109 Å². The Kier molecular flexibility index (Phi) is 11.5. The minimum Gasteiger partial charge on any atom is -0.497 e. The average Bonchev–Trinajstić information content (AvgIpc) is 3.91. The number of benzene rings is 2. The summed E-state index contributed by atoms with van der Waals surface area (Å²) < 4.78 is 17.0. The average molecular weight is 747 g/mol. The minimum absolute atomic E-state index is 0.0534. The summed E-state index contributed by atoms with van der Waals surface area (Å²) >= 11 is 3.58. The monoisotopic (exact) mass is 746 g/mol. The molecule has 0 aliphatic heterocycles. The van der Waals surface area contributed by atoms with E-state index >= 15 is 0 Å². The summed E-state index contributed by atoms with van der Waals surface area (Å²) in [6, 6.07) is 16.6. The molecule has 0 heterocycles. The van der Waals surface area contributed by atoms with Crippen molar-refractivity contribution in [3.8, 4) is 11.5 Å². The summed E-state index contributed by atoms with van der Waals surface area (Å²) in [6.07, 6.45) is 14.4. The van der Waals surface area contributed by atoms with Gasteiger partial charge in [0.2, 0.25) is 0 Å². The molecule has 0 radical (unpaired) electrons. The van der Waals surface area contributed by atoms with E-state index in [1.165, 1.54) is 68.7 Å². The van der Waals surface area contributed by atoms with Gasteiger partial charge in [0.05, 0.1) is 13.2 Å². The predicted octanol–water partition coefficient (Wildman–Crippen LogP) is 10.5. The zero-order chi connectivity index (χ0) is 36.8. The summed E-state index contributed by atoms with van der Waals surface area (Å²) in [7, 11) is 1.70. The summed E-state index contributed by atoms with van der Waals surface area (Å²) in [6.45, 7) is 11.2. The first-order chi connectivity index (χ1) is 24.9. The van der Waals surface area contributed by atoms with Crippen molar-refractivity contribution < 1.29 is 23.8 Å². The molecule has 6 aliphatic carbocycles. The molecule has 0 amide bonds. The van der Waals surface area contributed by atoms with Gasteiger partial charge in [0, 0.05) is 31.1 Å². The van der Waals surface area contributed by atoms with E-state index in [2.05, 4.69) is 63.4 Å². The molecule has 2 aromatic carbocycles. The van der Waals surface area contributed by atoms with E-state index in [0.717, 1.165) is 72.5 Å². The molecule has 8 rings (SSSR count). The van der Waals surface area contributed by atoms with Gasteiger partial charge in [0.1, 0.15) is 11.5 Å². The maximum absolute atomic E-state index is 11.5. The lowest BCUT2D eigenvalue weighted by atomic mass is 9.55. The first kappa shape index (κ1) is 38.3. The molecule has 4 bridgehead atoms.